The van der Waals surface area contributed by atoms with Crippen LogP contribution in [0.4, 0.5) is 9.18 Å². The molecule has 4 rings (SSSR count). The number of hydrogen-bond donors (Lipinski definition) is 1. The first-order valence-corrected chi connectivity index (χ1v) is 10.0. The third-order valence-corrected chi connectivity index (χ3v) is 5.58. The van der Waals surface area contributed by atoms with Crippen LogP contribution in [0.2, 0.25) is 0 Å². The molecule has 1 saturated heterocycles. The molecular formula is C24H24FN3O3. The van der Waals surface area contributed by atoms with E-state index in [1.165, 1.54) is 18.3 Å². The van der Waals surface area contributed by atoms with Crippen LogP contribution in [0.3, 0.4) is 0 Å². The number of oxazole rings is 1. The lowest BCUT2D eigenvalue weighted by molar-refractivity contribution is -0.131. The molecule has 1 aliphatic heterocycles. The fraction of sp³-hybridized carbons (Fsp3) is 0.292. The number of hydrogen-bond acceptors (Lipinski definition) is 4. The van der Waals surface area contributed by atoms with Crippen LogP contribution in [-0.2, 0) is 22.3 Å². The summed E-state index contributed by atoms with van der Waals surface area (Å²) in [4.78, 5) is 31.0. The van der Waals surface area contributed by atoms with Crippen molar-refractivity contribution in [2.24, 2.45) is 0 Å². The Morgan fingerprint density at radius 2 is 1.71 bits per heavy atom. The number of rotatable bonds is 4. The second-order valence-electron chi connectivity index (χ2n) is 8.90. The van der Waals surface area contributed by atoms with Crippen LogP contribution in [0.15, 0.2) is 59.1 Å². The van der Waals surface area contributed by atoms with E-state index >= 15 is 0 Å². The zero-order valence-electron chi connectivity index (χ0n) is 17.9. The summed E-state index contributed by atoms with van der Waals surface area (Å²) < 4.78 is 18.8. The summed E-state index contributed by atoms with van der Waals surface area (Å²) in [6, 6.07) is 13.0. The van der Waals surface area contributed by atoms with Crippen molar-refractivity contribution in [3.8, 4) is 11.3 Å². The number of imide groups is 1. The van der Waals surface area contributed by atoms with Gasteiger partial charge in [0.05, 0.1) is 6.20 Å². The highest BCUT2D eigenvalue weighted by Gasteiger charge is 2.49. The molecule has 0 bridgehead atoms. The Balaban J connectivity index is 1.54. The standard InChI is InChI=1S/C24H24FN3O3/c1-23(2,3)16-7-9-17(10-8-16)24(4)21(29)28(22(30)27-24)14-20-26-13-19(31-20)15-5-11-18(25)12-6-15/h5-13H,14H2,1-4H3,(H,27,30). The summed E-state index contributed by atoms with van der Waals surface area (Å²) in [7, 11) is 0. The molecule has 2 aromatic carbocycles. The topological polar surface area (TPSA) is 75.4 Å². The molecule has 0 saturated carbocycles. The first kappa shape index (κ1) is 20.8. The lowest BCUT2D eigenvalue weighted by Gasteiger charge is -2.24. The minimum atomic E-state index is -1.17. The van der Waals surface area contributed by atoms with Gasteiger partial charge in [0.2, 0.25) is 5.89 Å². The van der Waals surface area contributed by atoms with Crippen LogP contribution < -0.4 is 5.32 Å². The van der Waals surface area contributed by atoms with Gasteiger partial charge >= 0.3 is 6.03 Å². The van der Waals surface area contributed by atoms with Gasteiger partial charge in [0.1, 0.15) is 17.9 Å². The van der Waals surface area contributed by atoms with Gasteiger partial charge in [-0.2, -0.15) is 0 Å². The number of urea groups is 1. The van der Waals surface area contributed by atoms with Crippen molar-refractivity contribution in [1.82, 2.24) is 15.2 Å². The van der Waals surface area contributed by atoms with Gasteiger partial charge in [-0.05, 0) is 47.7 Å². The SMILES string of the molecule is CC(C)(C)c1ccc(C2(C)NC(=O)N(Cc3ncc(-c4ccc(F)cc4)o3)C2=O)cc1. The van der Waals surface area contributed by atoms with E-state index in [0.29, 0.717) is 16.9 Å². The van der Waals surface area contributed by atoms with Crippen molar-refractivity contribution < 1.29 is 18.4 Å². The number of carbonyl (C=O) groups excluding carboxylic acids is 2. The molecule has 160 valence electrons. The molecule has 31 heavy (non-hydrogen) atoms. The first-order chi connectivity index (χ1) is 14.6. The quantitative estimate of drug-likeness (QED) is 0.617. The van der Waals surface area contributed by atoms with Gasteiger partial charge in [-0.3, -0.25) is 9.69 Å². The molecule has 2 heterocycles. The summed E-state index contributed by atoms with van der Waals surface area (Å²) in [6.45, 7) is 7.94. The number of nitrogens with one attached hydrogen (secondary N) is 1. The van der Waals surface area contributed by atoms with Gasteiger partial charge in [0, 0.05) is 5.56 Å². The van der Waals surface area contributed by atoms with E-state index in [-0.39, 0.29) is 29.6 Å². The van der Waals surface area contributed by atoms with Crippen molar-refractivity contribution in [3.63, 3.8) is 0 Å². The number of nitrogens with zero attached hydrogens (tertiary/aromatic N) is 2. The minimum absolute atomic E-state index is 0.0123. The minimum Gasteiger partial charge on any atom is -0.439 e. The highest BCUT2D eigenvalue weighted by Crippen LogP contribution is 2.32. The third-order valence-electron chi connectivity index (χ3n) is 5.58. The van der Waals surface area contributed by atoms with E-state index in [1.807, 2.05) is 24.3 Å². The van der Waals surface area contributed by atoms with Crippen LogP contribution in [-0.4, -0.2) is 21.8 Å². The van der Waals surface area contributed by atoms with Gasteiger partial charge in [0.15, 0.2) is 5.76 Å². The molecule has 0 spiro atoms. The predicted octanol–water partition coefficient (Wildman–Crippen LogP) is 4.75. The maximum atomic E-state index is 13.2. The van der Waals surface area contributed by atoms with Gasteiger partial charge in [-0.1, -0.05) is 45.0 Å². The number of carbonyl (C=O) groups is 2. The number of halogens is 1. The molecule has 1 aliphatic rings. The van der Waals surface area contributed by atoms with Crippen LogP contribution >= 0.6 is 0 Å². The molecule has 1 fully saturated rings. The van der Waals surface area contributed by atoms with Crippen molar-refractivity contribution in [2.45, 2.75) is 45.2 Å². The van der Waals surface area contributed by atoms with E-state index < -0.39 is 11.6 Å². The van der Waals surface area contributed by atoms with Crippen LogP contribution in [0.5, 0.6) is 0 Å². The lowest BCUT2D eigenvalue weighted by atomic mass is 9.84. The highest BCUT2D eigenvalue weighted by atomic mass is 19.1. The Labute approximate surface area is 180 Å². The third kappa shape index (κ3) is 3.83. The average molecular weight is 421 g/mol. The van der Waals surface area contributed by atoms with E-state index in [9.17, 15) is 14.0 Å². The fourth-order valence-electron chi connectivity index (χ4n) is 3.61. The van der Waals surface area contributed by atoms with Gasteiger partial charge in [-0.25, -0.2) is 14.2 Å². The van der Waals surface area contributed by atoms with Gasteiger partial charge in [0.25, 0.3) is 5.91 Å². The summed E-state index contributed by atoms with van der Waals surface area (Å²) >= 11 is 0. The Bertz CT molecular complexity index is 1130. The number of benzene rings is 2. The molecule has 3 aromatic rings. The number of amides is 3. The maximum Gasteiger partial charge on any atom is 0.325 e. The van der Waals surface area contributed by atoms with E-state index in [4.69, 9.17) is 4.42 Å². The van der Waals surface area contributed by atoms with Gasteiger partial charge in [-0.15, -0.1) is 0 Å². The van der Waals surface area contributed by atoms with Crippen LogP contribution in [0.25, 0.3) is 11.3 Å². The Kier molecular flexibility index (Phi) is 4.92. The molecular weight excluding hydrogens is 397 g/mol. The smallest absolute Gasteiger partial charge is 0.325 e. The molecule has 1 N–H and O–H groups in total. The summed E-state index contributed by atoms with van der Waals surface area (Å²) in [5.41, 5.74) is 1.32. The normalized spacial score (nSPS) is 19.1. The first-order valence-electron chi connectivity index (χ1n) is 10.0. The molecule has 0 radical (unpaired) electrons. The van der Waals surface area contributed by atoms with Crippen molar-refractivity contribution in [2.75, 3.05) is 0 Å². The van der Waals surface area contributed by atoms with E-state index in [0.717, 1.165) is 10.5 Å². The summed E-state index contributed by atoms with van der Waals surface area (Å²) in [5.74, 6) is -0.0714. The zero-order chi connectivity index (χ0) is 22.4. The Morgan fingerprint density at radius 1 is 1.06 bits per heavy atom. The average Bonchev–Trinajstić information content (AvgIpc) is 3.27. The number of aromatic nitrogens is 1. The predicted molar refractivity (Wildman–Crippen MR) is 113 cm³/mol. The fourth-order valence-corrected chi connectivity index (χ4v) is 3.61. The van der Waals surface area contributed by atoms with E-state index in [1.54, 1.807) is 19.1 Å². The monoisotopic (exact) mass is 421 g/mol. The summed E-state index contributed by atoms with van der Waals surface area (Å²) in [6.07, 6.45) is 1.49. The summed E-state index contributed by atoms with van der Waals surface area (Å²) in [5, 5.41) is 2.80. The largest absolute Gasteiger partial charge is 0.439 e. The second-order valence-corrected chi connectivity index (χ2v) is 8.90. The molecule has 1 aromatic heterocycles. The molecule has 7 heteroatoms. The van der Waals surface area contributed by atoms with Crippen LogP contribution in [0.1, 0.15) is 44.7 Å². The Hall–Kier alpha value is -3.48. The molecule has 3 amide bonds. The molecule has 1 unspecified atom stereocenters. The van der Waals surface area contributed by atoms with Gasteiger partial charge < -0.3 is 9.73 Å². The van der Waals surface area contributed by atoms with Crippen molar-refractivity contribution >= 4 is 11.9 Å². The maximum absolute atomic E-state index is 13.2. The van der Waals surface area contributed by atoms with Crippen LogP contribution in [0, 0.1) is 5.82 Å². The Morgan fingerprint density at radius 3 is 2.32 bits per heavy atom. The zero-order valence-corrected chi connectivity index (χ0v) is 17.9. The molecule has 0 aliphatic carbocycles. The van der Waals surface area contributed by atoms with Crippen molar-refractivity contribution in [1.29, 1.82) is 0 Å². The van der Waals surface area contributed by atoms with Crippen molar-refractivity contribution in [3.05, 3.63) is 77.6 Å². The lowest BCUT2D eigenvalue weighted by Crippen LogP contribution is -2.40. The molecule has 1 atom stereocenters. The molecule has 6 nitrogen and oxygen atoms in total. The highest BCUT2D eigenvalue weighted by molar-refractivity contribution is 6.07. The second kappa shape index (κ2) is 7.34. The van der Waals surface area contributed by atoms with E-state index in [2.05, 4.69) is 31.1 Å².